The van der Waals surface area contributed by atoms with Crippen LogP contribution in [0.1, 0.15) is 47.8 Å². The number of carboxylic acid groups (broad SMARTS) is 1. The summed E-state index contributed by atoms with van der Waals surface area (Å²) in [6.45, 7) is 8.27. The molecule has 4 rings (SSSR count). The van der Waals surface area contributed by atoms with E-state index < -0.39 is 5.97 Å². The monoisotopic (exact) mass is 528 g/mol. The normalized spacial score (nSPS) is 11.2. The van der Waals surface area contributed by atoms with Crippen molar-refractivity contribution in [2.75, 3.05) is 5.32 Å². The summed E-state index contributed by atoms with van der Waals surface area (Å²) in [6, 6.07) is 21.7. The fourth-order valence-electron chi connectivity index (χ4n) is 4.03. The fourth-order valence-corrected chi connectivity index (χ4v) is 4.26. The zero-order valence-corrected chi connectivity index (χ0v) is 22.5. The van der Waals surface area contributed by atoms with Gasteiger partial charge in [0.15, 0.2) is 0 Å². The zero-order chi connectivity index (χ0) is 27.4. The van der Waals surface area contributed by atoms with Gasteiger partial charge < -0.3 is 15.2 Å². The molecule has 194 valence electrons. The highest BCUT2D eigenvalue weighted by Gasteiger charge is 2.21. The highest BCUT2D eigenvalue weighted by atomic mass is 35.5. The highest BCUT2D eigenvalue weighted by molar-refractivity contribution is 6.31. The lowest BCUT2D eigenvalue weighted by Gasteiger charge is -2.23. The Labute approximate surface area is 227 Å². The van der Waals surface area contributed by atoms with Crippen LogP contribution in [-0.2, 0) is 16.6 Å². The Morgan fingerprint density at radius 1 is 0.974 bits per heavy atom. The number of pyridine rings is 1. The van der Waals surface area contributed by atoms with Crippen LogP contribution in [0.4, 0.5) is 5.69 Å². The van der Waals surface area contributed by atoms with Crippen LogP contribution in [0.5, 0.6) is 11.6 Å². The Hall–Kier alpha value is -4.16. The smallest absolute Gasteiger partial charge is 0.335 e. The fraction of sp³-hybridized carbons (Fsp3) is 0.194. The molecular formula is C31H29ClN2O4. The summed E-state index contributed by atoms with van der Waals surface area (Å²) >= 11 is 6.19. The number of aryl methyl sites for hydroxylation is 1. The van der Waals surface area contributed by atoms with Crippen molar-refractivity contribution in [1.29, 1.82) is 0 Å². The van der Waals surface area contributed by atoms with Gasteiger partial charge in [-0.1, -0.05) is 80.4 Å². The third-order valence-corrected chi connectivity index (χ3v) is 6.21. The molecule has 7 heteroatoms. The minimum absolute atomic E-state index is 0.0527. The minimum atomic E-state index is -1.09. The van der Waals surface area contributed by atoms with Crippen molar-refractivity contribution in [1.82, 2.24) is 4.98 Å². The van der Waals surface area contributed by atoms with Crippen molar-refractivity contribution in [3.05, 3.63) is 106 Å². The first-order valence-corrected chi connectivity index (χ1v) is 12.5. The molecule has 0 spiro atoms. The first kappa shape index (κ1) is 26.9. The van der Waals surface area contributed by atoms with E-state index in [4.69, 9.17) is 16.3 Å². The summed E-state index contributed by atoms with van der Waals surface area (Å²) in [5.41, 5.74) is 4.34. The highest BCUT2D eigenvalue weighted by Crippen LogP contribution is 2.37. The number of amides is 1. The van der Waals surface area contributed by atoms with Gasteiger partial charge in [-0.05, 0) is 53.8 Å². The molecule has 0 radical (unpaired) electrons. The van der Waals surface area contributed by atoms with Crippen LogP contribution in [0, 0.1) is 6.92 Å². The Morgan fingerprint density at radius 2 is 1.68 bits per heavy atom. The van der Waals surface area contributed by atoms with E-state index in [-0.39, 0.29) is 34.2 Å². The number of aromatic nitrogens is 1. The quantitative estimate of drug-likeness (QED) is 0.257. The van der Waals surface area contributed by atoms with E-state index in [1.807, 2.05) is 55.5 Å². The number of aromatic carboxylic acids is 1. The van der Waals surface area contributed by atoms with E-state index in [2.05, 4.69) is 31.1 Å². The van der Waals surface area contributed by atoms with Crippen LogP contribution < -0.4 is 10.1 Å². The summed E-state index contributed by atoms with van der Waals surface area (Å²) in [5.74, 6) is -0.473. The maximum absolute atomic E-state index is 13.0. The number of benzene rings is 3. The molecule has 6 nitrogen and oxygen atoms in total. The number of nitrogens with zero attached hydrogens (tertiary/aromatic N) is 1. The SMILES string of the molecule is Cc1ccc(CC(=O)Nc2cc(-c3cc(Cl)cc(C(=O)O)c3)cnc2Oc2ccccc2C(C)(C)C)cc1. The molecule has 0 saturated heterocycles. The molecule has 0 saturated carbocycles. The van der Waals surface area contributed by atoms with Crippen LogP contribution >= 0.6 is 11.6 Å². The van der Waals surface area contributed by atoms with E-state index in [0.717, 1.165) is 16.7 Å². The molecule has 0 bridgehead atoms. The van der Waals surface area contributed by atoms with Gasteiger partial charge in [-0.2, -0.15) is 0 Å². The maximum Gasteiger partial charge on any atom is 0.335 e. The number of halogens is 1. The molecule has 0 aliphatic carbocycles. The average Bonchev–Trinajstić information content (AvgIpc) is 2.85. The molecule has 0 unspecified atom stereocenters. The topological polar surface area (TPSA) is 88.5 Å². The van der Waals surface area contributed by atoms with E-state index in [1.165, 1.54) is 12.1 Å². The molecule has 1 amide bonds. The maximum atomic E-state index is 13.0. The average molecular weight is 529 g/mol. The van der Waals surface area contributed by atoms with Crippen LogP contribution in [0.2, 0.25) is 5.02 Å². The number of nitrogens with one attached hydrogen (secondary N) is 1. The summed E-state index contributed by atoms with van der Waals surface area (Å²) in [7, 11) is 0. The van der Waals surface area contributed by atoms with Gasteiger partial charge in [0.1, 0.15) is 11.4 Å². The second kappa shape index (κ2) is 11.1. The van der Waals surface area contributed by atoms with Crippen molar-refractivity contribution in [3.63, 3.8) is 0 Å². The molecule has 0 fully saturated rings. The van der Waals surface area contributed by atoms with E-state index in [1.54, 1.807) is 18.3 Å². The second-order valence-corrected chi connectivity index (χ2v) is 10.6. The molecule has 2 N–H and O–H groups in total. The third-order valence-electron chi connectivity index (χ3n) is 5.99. The summed E-state index contributed by atoms with van der Waals surface area (Å²) in [5, 5.41) is 12.7. The minimum Gasteiger partial charge on any atom is -0.478 e. The second-order valence-electron chi connectivity index (χ2n) is 10.2. The molecule has 3 aromatic carbocycles. The number of hydrogen-bond acceptors (Lipinski definition) is 4. The number of carboxylic acids is 1. The largest absolute Gasteiger partial charge is 0.478 e. The van der Waals surface area contributed by atoms with Crippen LogP contribution in [0.25, 0.3) is 11.1 Å². The van der Waals surface area contributed by atoms with Crippen LogP contribution in [0.15, 0.2) is 79.0 Å². The molecule has 0 aliphatic heterocycles. The van der Waals surface area contributed by atoms with Crippen molar-refractivity contribution in [3.8, 4) is 22.8 Å². The van der Waals surface area contributed by atoms with Gasteiger partial charge in [-0.3, -0.25) is 4.79 Å². The van der Waals surface area contributed by atoms with Gasteiger partial charge in [0.2, 0.25) is 11.8 Å². The number of rotatable bonds is 7. The summed E-state index contributed by atoms with van der Waals surface area (Å²) in [6.07, 6.45) is 1.74. The summed E-state index contributed by atoms with van der Waals surface area (Å²) in [4.78, 5) is 29.1. The number of hydrogen-bond donors (Lipinski definition) is 2. The van der Waals surface area contributed by atoms with E-state index in [0.29, 0.717) is 22.6 Å². The molecular weight excluding hydrogens is 500 g/mol. The predicted octanol–water partition coefficient (Wildman–Crippen LogP) is 7.68. The van der Waals surface area contributed by atoms with Gasteiger partial charge in [0.25, 0.3) is 0 Å². The lowest BCUT2D eigenvalue weighted by Crippen LogP contribution is -2.16. The van der Waals surface area contributed by atoms with Crippen molar-refractivity contribution in [2.24, 2.45) is 0 Å². The molecule has 38 heavy (non-hydrogen) atoms. The van der Waals surface area contributed by atoms with E-state index in [9.17, 15) is 14.7 Å². The van der Waals surface area contributed by atoms with Gasteiger partial charge in [0.05, 0.1) is 12.0 Å². The number of carbonyl (C=O) groups is 2. The van der Waals surface area contributed by atoms with Crippen molar-refractivity contribution in [2.45, 2.75) is 39.5 Å². The molecule has 4 aromatic rings. The number of carbonyl (C=O) groups excluding carboxylic acids is 1. The Bertz CT molecular complexity index is 1490. The van der Waals surface area contributed by atoms with Gasteiger partial charge in [-0.15, -0.1) is 0 Å². The lowest BCUT2D eigenvalue weighted by atomic mass is 9.86. The van der Waals surface area contributed by atoms with E-state index >= 15 is 0 Å². The zero-order valence-electron chi connectivity index (χ0n) is 21.7. The molecule has 0 aliphatic rings. The van der Waals surface area contributed by atoms with Gasteiger partial charge >= 0.3 is 5.97 Å². The van der Waals surface area contributed by atoms with Crippen LogP contribution in [0.3, 0.4) is 0 Å². The predicted molar refractivity (Wildman–Crippen MR) is 150 cm³/mol. The lowest BCUT2D eigenvalue weighted by molar-refractivity contribution is -0.115. The molecule has 0 atom stereocenters. The molecule has 1 heterocycles. The van der Waals surface area contributed by atoms with Crippen LogP contribution in [-0.4, -0.2) is 22.0 Å². The van der Waals surface area contributed by atoms with Crippen molar-refractivity contribution < 1.29 is 19.4 Å². The Morgan fingerprint density at radius 3 is 2.37 bits per heavy atom. The van der Waals surface area contributed by atoms with Crippen molar-refractivity contribution >= 4 is 29.2 Å². The third kappa shape index (κ3) is 6.58. The summed E-state index contributed by atoms with van der Waals surface area (Å²) < 4.78 is 6.26. The molecule has 1 aromatic heterocycles. The Kier molecular flexibility index (Phi) is 7.83. The number of anilines is 1. The first-order valence-electron chi connectivity index (χ1n) is 12.2. The number of ether oxygens (including phenoxy) is 1. The first-order chi connectivity index (χ1) is 18.0. The van der Waals surface area contributed by atoms with Gasteiger partial charge in [0, 0.05) is 22.3 Å². The number of para-hydroxylation sites is 1. The van der Waals surface area contributed by atoms with Gasteiger partial charge in [-0.25, -0.2) is 9.78 Å². The standard InChI is InChI=1S/C31H29ClN2O4/c1-19-9-11-20(12-10-19)13-28(35)34-26-17-23(21-14-22(30(36)37)16-24(32)15-21)18-33-29(26)38-27-8-6-5-7-25(27)31(2,3)4/h5-12,14-18H,13H2,1-4H3,(H,34,35)(H,36,37). The Balaban J connectivity index is 1.74.